The van der Waals surface area contributed by atoms with Gasteiger partial charge in [-0.1, -0.05) is 41.7 Å². The third kappa shape index (κ3) is 2.13. The van der Waals surface area contributed by atoms with Gasteiger partial charge in [-0.2, -0.15) is 5.10 Å². The first-order valence-electron chi connectivity index (χ1n) is 4.92. The van der Waals surface area contributed by atoms with E-state index in [0.29, 0.717) is 0 Å². The molecule has 1 aromatic carbocycles. The molecule has 0 bridgehead atoms. The number of rotatable bonds is 2. The first-order chi connectivity index (χ1) is 8.33. The maximum atomic E-state index is 4.28. The van der Waals surface area contributed by atoms with Crippen LogP contribution in [0, 0.1) is 0 Å². The van der Waals surface area contributed by atoms with Crippen LogP contribution < -0.4 is 0 Å². The topological polar surface area (TPSA) is 43.6 Å². The van der Waals surface area contributed by atoms with Crippen molar-refractivity contribution in [1.29, 1.82) is 0 Å². The van der Waals surface area contributed by atoms with Crippen LogP contribution in [0.3, 0.4) is 0 Å². The molecule has 2 aromatic heterocycles. The minimum Gasteiger partial charge on any atom is -0.212 e. The molecule has 3 aromatic rings. The van der Waals surface area contributed by atoms with Gasteiger partial charge in [0.25, 0.3) is 0 Å². The molecule has 0 saturated carbocycles. The molecule has 2 heterocycles. The van der Waals surface area contributed by atoms with E-state index in [2.05, 4.69) is 43.4 Å². The van der Waals surface area contributed by atoms with E-state index in [9.17, 15) is 0 Å². The van der Waals surface area contributed by atoms with Gasteiger partial charge >= 0.3 is 0 Å². The summed E-state index contributed by atoms with van der Waals surface area (Å²) >= 11 is 4.73. The fourth-order valence-corrected chi connectivity index (χ4v) is 2.52. The largest absolute Gasteiger partial charge is 0.233 e. The lowest BCUT2D eigenvalue weighted by molar-refractivity contribution is 0.845. The normalized spacial score (nSPS) is 10.6. The minimum absolute atomic E-state index is 0.749. The molecule has 0 aliphatic heterocycles. The van der Waals surface area contributed by atoms with Gasteiger partial charge in [0, 0.05) is 11.8 Å². The van der Waals surface area contributed by atoms with Crippen LogP contribution in [0.4, 0.5) is 0 Å². The number of aromatic nitrogens is 4. The Labute approximate surface area is 110 Å². The van der Waals surface area contributed by atoms with Crippen molar-refractivity contribution >= 4 is 27.3 Å². The van der Waals surface area contributed by atoms with Gasteiger partial charge in [-0.3, -0.25) is 0 Å². The van der Waals surface area contributed by atoms with E-state index in [1.165, 1.54) is 11.3 Å². The van der Waals surface area contributed by atoms with E-state index in [0.717, 1.165) is 20.2 Å². The Balaban J connectivity index is 1.99. The molecule has 17 heavy (non-hydrogen) atoms. The van der Waals surface area contributed by atoms with Crippen molar-refractivity contribution in [2.24, 2.45) is 0 Å². The van der Waals surface area contributed by atoms with Gasteiger partial charge in [-0.25, -0.2) is 4.68 Å². The van der Waals surface area contributed by atoms with Crippen LogP contribution >= 0.6 is 27.3 Å². The van der Waals surface area contributed by atoms with Crippen LogP contribution in [-0.4, -0.2) is 20.0 Å². The molecule has 0 N–H and O–H groups in total. The summed E-state index contributed by atoms with van der Waals surface area (Å²) in [6.45, 7) is 0. The lowest BCUT2D eigenvalue weighted by Gasteiger charge is -1.94. The minimum atomic E-state index is 0.749. The summed E-state index contributed by atoms with van der Waals surface area (Å²) < 4.78 is 2.48. The monoisotopic (exact) mass is 306 g/mol. The number of halogens is 1. The zero-order valence-electron chi connectivity index (χ0n) is 8.62. The molecule has 0 amide bonds. The number of benzene rings is 1. The Morgan fingerprint density at radius 3 is 2.59 bits per heavy atom. The quantitative estimate of drug-likeness (QED) is 0.730. The van der Waals surface area contributed by atoms with E-state index in [1.807, 2.05) is 30.6 Å². The van der Waals surface area contributed by atoms with Crippen molar-refractivity contribution in [1.82, 2.24) is 20.0 Å². The van der Waals surface area contributed by atoms with Crippen LogP contribution in [0.5, 0.6) is 0 Å². The molecular weight excluding hydrogens is 300 g/mol. The Kier molecular flexibility index (Phi) is 2.74. The molecule has 3 rings (SSSR count). The van der Waals surface area contributed by atoms with E-state index < -0.39 is 0 Å². The predicted octanol–water partition coefficient (Wildman–Crippen LogP) is 3.15. The first-order valence-corrected chi connectivity index (χ1v) is 6.53. The Hall–Kier alpha value is -1.53. The number of nitrogens with zero attached hydrogens (tertiary/aromatic N) is 4. The molecular formula is C11H7BrN4S. The summed E-state index contributed by atoms with van der Waals surface area (Å²) in [7, 11) is 0. The van der Waals surface area contributed by atoms with Crippen molar-refractivity contribution in [3.05, 3.63) is 46.6 Å². The van der Waals surface area contributed by atoms with Crippen LogP contribution in [0.15, 0.2) is 46.6 Å². The van der Waals surface area contributed by atoms with E-state index in [1.54, 1.807) is 4.68 Å². The molecule has 4 nitrogen and oxygen atoms in total. The van der Waals surface area contributed by atoms with Crippen LogP contribution in [0.1, 0.15) is 0 Å². The smallest absolute Gasteiger partial charge is 0.212 e. The molecule has 0 fully saturated rings. The molecule has 0 unspecified atom stereocenters. The van der Waals surface area contributed by atoms with Gasteiger partial charge in [0.15, 0.2) is 3.92 Å². The predicted molar refractivity (Wildman–Crippen MR) is 70.2 cm³/mol. The van der Waals surface area contributed by atoms with Gasteiger partial charge in [-0.05, 0) is 21.5 Å². The van der Waals surface area contributed by atoms with Gasteiger partial charge < -0.3 is 0 Å². The maximum absolute atomic E-state index is 4.28. The van der Waals surface area contributed by atoms with Gasteiger partial charge in [0.05, 0.1) is 6.20 Å². The zero-order chi connectivity index (χ0) is 11.7. The molecule has 0 radical (unpaired) electrons. The highest BCUT2D eigenvalue weighted by Crippen LogP contribution is 2.22. The van der Waals surface area contributed by atoms with E-state index in [4.69, 9.17) is 0 Å². The second kappa shape index (κ2) is 4.38. The fraction of sp³-hybridized carbons (Fsp3) is 0. The van der Waals surface area contributed by atoms with Crippen molar-refractivity contribution in [3.8, 4) is 16.3 Å². The van der Waals surface area contributed by atoms with E-state index in [-0.39, 0.29) is 0 Å². The second-order valence-electron chi connectivity index (χ2n) is 3.38. The summed E-state index contributed by atoms with van der Waals surface area (Å²) in [6, 6.07) is 10.1. The maximum Gasteiger partial charge on any atom is 0.233 e. The SMILES string of the molecule is Brc1nnc(-n2cc(-c3ccccc3)cn2)s1. The highest BCUT2D eigenvalue weighted by Gasteiger charge is 2.06. The fourth-order valence-electron chi connectivity index (χ4n) is 1.50. The first kappa shape index (κ1) is 10.6. The van der Waals surface area contributed by atoms with Crippen LogP contribution in [0.25, 0.3) is 16.3 Å². The Morgan fingerprint density at radius 1 is 1.06 bits per heavy atom. The summed E-state index contributed by atoms with van der Waals surface area (Å²) in [6.07, 6.45) is 3.77. The summed E-state index contributed by atoms with van der Waals surface area (Å²) in [5, 5.41) is 12.9. The molecule has 0 aliphatic rings. The third-order valence-electron chi connectivity index (χ3n) is 2.28. The molecule has 0 aliphatic carbocycles. The highest BCUT2D eigenvalue weighted by molar-refractivity contribution is 9.11. The second-order valence-corrected chi connectivity index (χ2v) is 5.61. The van der Waals surface area contributed by atoms with Gasteiger partial charge in [-0.15, -0.1) is 10.2 Å². The molecule has 84 valence electrons. The number of hydrogen-bond donors (Lipinski definition) is 0. The summed E-state index contributed by atoms with van der Waals surface area (Å²) in [5.41, 5.74) is 2.21. The molecule has 6 heteroatoms. The van der Waals surface area contributed by atoms with Gasteiger partial charge in [0.1, 0.15) is 0 Å². The molecule has 0 saturated heterocycles. The highest BCUT2D eigenvalue weighted by atomic mass is 79.9. The Morgan fingerprint density at radius 2 is 1.88 bits per heavy atom. The average Bonchev–Trinajstić information content (AvgIpc) is 2.98. The van der Waals surface area contributed by atoms with Crippen LogP contribution in [0.2, 0.25) is 0 Å². The zero-order valence-corrected chi connectivity index (χ0v) is 11.0. The van der Waals surface area contributed by atoms with E-state index >= 15 is 0 Å². The van der Waals surface area contributed by atoms with Crippen molar-refractivity contribution in [2.75, 3.05) is 0 Å². The van der Waals surface area contributed by atoms with Crippen molar-refractivity contribution < 1.29 is 0 Å². The summed E-state index contributed by atoms with van der Waals surface area (Å²) in [5.74, 6) is 0. The van der Waals surface area contributed by atoms with Crippen molar-refractivity contribution in [2.45, 2.75) is 0 Å². The molecule has 0 atom stereocenters. The van der Waals surface area contributed by atoms with Crippen molar-refractivity contribution in [3.63, 3.8) is 0 Å². The lowest BCUT2D eigenvalue weighted by Crippen LogP contribution is -1.92. The number of hydrogen-bond acceptors (Lipinski definition) is 4. The third-order valence-corrected chi connectivity index (χ3v) is 3.62. The lowest BCUT2D eigenvalue weighted by atomic mass is 10.1. The summed E-state index contributed by atoms with van der Waals surface area (Å²) in [4.78, 5) is 0. The van der Waals surface area contributed by atoms with Crippen LogP contribution in [-0.2, 0) is 0 Å². The molecule has 0 spiro atoms. The Bertz CT molecular complexity index is 632. The standard InChI is InChI=1S/C11H7BrN4S/c12-10-14-15-11(17-10)16-7-9(6-13-16)8-4-2-1-3-5-8/h1-7H. The average molecular weight is 307 g/mol. The van der Waals surface area contributed by atoms with Gasteiger partial charge in [0.2, 0.25) is 5.13 Å².